The van der Waals surface area contributed by atoms with Crippen molar-refractivity contribution in [1.29, 1.82) is 0 Å². The predicted octanol–water partition coefficient (Wildman–Crippen LogP) is 5.54. The van der Waals surface area contributed by atoms with Gasteiger partial charge >= 0.3 is 0 Å². The summed E-state index contributed by atoms with van der Waals surface area (Å²) in [7, 11) is 1.58. The standard InChI is InChI=1S/C20H17I2NO4S/c1-3-23-19(24)17(28-20(23)25)10-13-8-15(22)18(16(9-13)26-2)27-11-12-4-6-14(21)7-5-12/h4-10H,3,11H2,1-2H3/b17-10+. The molecule has 0 atom stereocenters. The van der Waals surface area contributed by atoms with Crippen LogP contribution in [0.1, 0.15) is 18.1 Å². The number of imide groups is 1. The van der Waals surface area contributed by atoms with Gasteiger partial charge in [0.25, 0.3) is 11.1 Å². The Balaban J connectivity index is 1.83. The van der Waals surface area contributed by atoms with Gasteiger partial charge in [0, 0.05) is 10.1 Å². The van der Waals surface area contributed by atoms with E-state index in [2.05, 4.69) is 45.2 Å². The van der Waals surface area contributed by atoms with Crippen LogP contribution in [0.25, 0.3) is 6.08 Å². The van der Waals surface area contributed by atoms with Crippen molar-refractivity contribution in [3.8, 4) is 11.5 Å². The van der Waals surface area contributed by atoms with Crippen LogP contribution in [0.5, 0.6) is 11.5 Å². The maximum atomic E-state index is 12.3. The number of ether oxygens (including phenoxy) is 2. The molecule has 0 spiro atoms. The highest BCUT2D eigenvalue weighted by Gasteiger charge is 2.33. The molecule has 0 saturated carbocycles. The van der Waals surface area contributed by atoms with E-state index in [0.717, 1.165) is 26.5 Å². The average molecular weight is 621 g/mol. The molecular weight excluding hydrogens is 604 g/mol. The molecule has 146 valence electrons. The molecule has 0 unspecified atom stereocenters. The smallest absolute Gasteiger partial charge is 0.293 e. The largest absolute Gasteiger partial charge is 0.493 e. The molecule has 0 radical (unpaired) electrons. The molecule has 2 aromatic rings. The second-order valence-corrected chi connectivity index (χ2v) is 9.28. The fourth-order valence-corrected chi connectivity index (χ4v) is 4.67. The molecule has 0 aromatic heterocycles. The fourth-order valence-electron chi connectivity index (χ4n) is 2.62. The summed E-state index contributed by atoms with van der Waals surface area (Å²) in [6.07, 6.45) is 1.72. The van der Waals surface area contributed by atoms with Crippen LogP contribution in [0.15, 0.2) is 41.3 Å². The minimum absolute atomic E-state index is 0.238. The molecule has 1 saturated heterocycles. The monoisotopic (exact) mass is 621 g/mol. The number of hydrogen-bond acceptors (Lipinski definition) is 5. The van der Waals surface area contributed by atoms with Crippen LogP contribution < -0.4 is 9.47 Å². The number of hydrogen-bond donors (Lipinski definition) is 0. The molecule has 3 rings (SSSR count). The summed E-state index contributed by atoms with van der Waals surface area (Å²) in [6.45, 7) is 2.58. The van der Waals surface area contributed by atoms with Gasteiger partial charge in [-0.3, -0.25) is 14.5 Å². The lowest BCUT2D eigenvalue weighted by Gasteiger charge is -2.14. The van der Waals surface area contributed by atoms with Gasteiger partial charge in [-0.15, -0.1) is 0 Å². The van der Waals surface area contributed by atoms with E-state index >= 15 is 0 Å². The molecule has 5 nitrogen and oxygen atoms in total. The Bertz CT molecular complexity index is 944. The molecule has 1 fully saturated rings. The lowest BCUT2D eigenvalue weighted by atomic mass is 10.1. The maximum absolute atomic E-state index is 12.3. The number of likely N-dealkylation sites (N-methyl/N-ethyl adjacent to an activating group) is 1. The molecular formula is C20H17I2NO4S. The first-order chi connectivity index (χ1) is 13.4. The van der Waals surface area contributed by atoms with Crippen molar-refractivity contribution >= 4 is 74.2 Å². The van der Waals surface area contributed by atoms with Crippen molar-refractivity contribution in [3.63, 3.8) is 0 Å². The van der Waals surface area contributed by atoms with Gasteiger partial charge in [-0.05, 0) is 105 Å². The number of carbonyl (C=O) groups is 2. The normalized spacial score (nSPS) is 15.4. The van der Waals surface area contributed by atoms with Gasteiger partial charge in [-0.2, -0.15) is 0 Å². The van der Waals surface area contributed by atoms with E-state index in [1.807, 2.05) is 36.4 Å². The van der Waals surface area contributed by atoms with Crippen molar-refractivity contribution in [2.75, 3.05) is 13.7 Å². The quantitative estimate of drug-likeness (QED) is 0.314. The summed E-state index contributed by atoms with van der Waals surface area (Å²) < 4.78 is 13.5. The van der Waals surface area contributed by atoms with E-state index in [9.17, 15) is 9.59 Å². The summed E-state index contributed by atoms with van der Waals surface area (Å²) in [5.41, 5.74) is 1.85. The van der Waals surface area contributed by atoms with Crippen LogP contribution in [0.4, 0.5) is 4.79 Å². The van der Waals surface area contributed by atoms with Gasteiger partial charge in [0.15, 0.2) is 11.5 Å². The molecule has 0 N–H and O–H groups in total. The third kappa shape index (κ3) is 4.82. The third-order valence-corrected chi connectivity index (χ3v) is 6.46. The fraction of sp³-hybridized carbons (Fsp3) is 0.200. The molecule has 0 aliphatic carbocycles. The van der Waals surface area contributed by atoms with Crippen LogP contribution in [-0.4, -0.2) is 29.7 Å². The first-order valence-corrected chi connectivity index (χ1v) is 11.4. The van der Waals surface area contributed by atoms with E-state index in [1.165, 1.54) is 8.47 Å². The van der Waals surface area contributed by atoms with Crippen LogP contribution in [0.2, 0.25) is 0 Å². The van der Waals surface area contributed by atoms with E-state index in [1.54, 1.807) is 20.1 Å². The summed E-state index contributed by atoms with van der Waals surface area (Å²) in [5, 5.41) is -0.238. The topological polar surface area (TPSA) is 55.8 Å². The zero-order valence-electron chi connectivity index (χ0n) is 15.2. The molecule has 28 heavy (non-hydrogen) atoms. The Morgan fingerprint density at radius 2 is 1.86 bits per heavy atom. The second kappa shape index (κ2) is 9.49. The molecule has 1 aliphatic rings. The second-order valence-electron chi connectivity index (χ2n) is 5.88. The van der Waals surface area contributed by atoms with Gasteiger partial charge in [-0.25, -0.2) is 0 Å². The summed E-state index contributed by atoms with van der Waals surface area (Å²) in [4.78, 5) is 25.8. The molecule has 1 aliphatic heterocycles. The van der Waals surface area contributed by atoms with Gasteiger partial charge in [0.05, 0.1) is 15.6 Å². The van der Waals surface area contributed by atoms with Crippen molar-refractivity contribution in [3.05, 3.63) is 59.6 Å². The number of rotatable bonds is 6. The Kier molecular flexibility index (Phi) is 7.26. The van der Waals surface area contributed by atoms with Gasteiger partial charge in [-0.1, -0.05) is 12.1 Å². The predicted molar refractivity (Wildman–Crippen MR) is 128 cm³/mol. The van der Waals surface area contributed by atoms with Crippen LogP contribution in [0, 0.1) is 7.14 Å². The summed E-state index contributed by atoms with van der Waals surface area (Å²) >= 11 is 5.41. The first-order valence-electron chi connectivity index (χ1n) is 8.43. The zero-order valence-corrected chi connectivity index (χ0v) is 20.3. The summed E-state index contributed by atoms with van der Waals surface area (Å²) in [5.74, 6) is 0.976. The average Bonchev–Trinajstić information content (AvgIpc) is 2.94. The number of methoxy groups -OCH3 is 1. The number of nitrogens with zero attached hydrogens (tertiary/aromatic N) is 1. The van der Waals surface area contributed by atoms with Gasteiger partial charge < -0.3 is 9.47 Å². The highest BCUT2D eigenvalue weighted by Crippen LogP contribution is 2.37. The maximum Gasteiger partial charge on any atom is 0.293 e. The zero-order chi connectivity index (χ0) is 20.3. The minimum atomic E-state index is -0.259. The lowest BCUT2D eigenvalue weighted by molar-refractivity contribution is -0.122. The van der Waals surface area contributed by atoms with E-state index < -0.39 is 0 Å². The number of carbonyl (C=O) groups excluding carboxylic acids is 2. The van der Waals surface area contributed by atoms with Crippen LogP contribution >= 0.6 is 56.9 Å². The highest BCUT2D eigenvalue weighted by molar-refractivity contribution is 14.1. The van der Waals surface area contributed by atoms with Crippen molar-refractivity contribution < 1.29 is 19.1 Å². The van der Waals surface area contributed by atoms with Crippen molar-refractivity contribution in [1.82, 2.24) is 4.90 Å². The molecule has 2 amide bonds. The first kappa shape index (κ1) is 21.4. The van der Waals surface area contributed by atoms with E-state index in [0.29, 0.717) is 29.6 Å². The minimum Gasteiger partial charge on any atom is -0.493 e. The Labute approximate surface area is 195 Å². The van der Waals surface area contributed by atoms with E-state index in [-0.39, 0.29) is 11.1 Å². The van der Waals surface area contributed by atoms with Gasteiger partial charge in [0.1, 0.15) is 6.61 Å². The number of amides is 2. The Morgan fingerprint density at radius 3 is 2.46 bits per heavy atom. The number of benzene rings is 2. The lowest BCUT2D eigenvalue weighted by Crippen LogP contribution is -2.27. The Hall–Kier alpha value is -1.27. The van der Waals surface area contributed by atoms with Gasteiger partial charge in [0.2, 0.25) is 0 Å². The Morgan fingerprint density at radius 1 is 1.14 bits per heavy atom. The number of halogens is 2. The van der Waals surface area contributed by atoms with Crippen molar-refractivity contribution in [2.24, 2.45) is 0 Å². The highest BCUT2D eigenvalue weighted by atomic mass is 127. The number of thioether (sulfide) groups is 1. The third-order valence-electron chi connectivity index (χ3n) is 4.04. The molecule has 8 heteroatoms. The van der Waals surface area contributed by atoms with Crippen LogP contribution in [-0.2, 0) is 11.4 Å². The SMILES string of the molecule is CCN1C(=O)S/C(=C/c2cc(I)c(OCc3ccc(I)cc3)c(OC)c2)C1=O. The van der Waals surface area contributed by atoms with Crippen molar-refractivity contribution in [2.45, 2.75) is 13.5 Å². The molecule has 1 heterocycles. The van der Waals surface area contributed by atoms with E-state index in [4.69, 9.17) is 9.47 Å². The summed E-state index contributed by atoms with van der Waals surface area (Å²) in [6, 6.07) is 11.8. The molecule has 2 aromatic carbocycles. The molecule has 0 bridgehead atoms. The van der Waals surface area contributed by atoms with Crippen LogP contribution in [0.3, 0.4) is 0 Å².